The molecule has 0 heterocycles. The van der Waals surface area contributed by atoms with Gasteiger partial charge in [0.25, 0.3) is 0 Å². The highest BCUT2D eigenvalue weighted by Gasteiger charge is 2.13. The number of halogens is 3. The molecule has 0 aliphatic heterocycles. The predicted octanol–water partition coefficient (Wildman–Crippen LogP) is 3.61. The number of hydrogen-bond donors (Lipinski definition) is 0. The molecule has 0 radical (unpaired) electrons. The normalized spacial score (nSPS) is 12.2. The second-order valence-corrected chi connectivity index (χ2v) is 5.85. The molecule has 1 unspecified atom stereocenters. The van der Waals surface area contributed by atoms with E-state index in [-0.39, 0.29) is 27.0 Å². The van der Waals surface area contributed by atoms with Crippen LogP contribution < -0.4 is 0 Å². The number of rotatable bonds is 4. The highest BCUT2D eigenvalue weighted by atomic mass is 35.5. The molecule has 2 rings (SSSR count). The maximum atomic E-state index is 13.0. The molecule has 2 nitrogen and oxygen atoms in total. The lowest BCUT2D eigenvalue weighted by Gasteiger charge is -2.03. The molecule has 0 saturated heterocycles. The molecule has 0 amide bonds. The number of hydrogen-bond acceptors (Lipinski definition) is 2. The van der Waals surface area contributed by atoms with E-state index in [1.54, 1.807) is 0 Å². The van der Waals surface area contributed by atoms with Crippen molar-refractivity contribution in [2.75, 3.05) is 5.75 Å². The van der Waals surface area contributed by atoms with Gasteiger partial charge in [-0.15, -0.1) is 0 Å². The Hall–Kier alpha value is -1.59. The minimum atomic E-state index is -1.63. The topological polar surface area (TPSA) is 34.1 Å². The first-order valence-electron chi connectivity index (χ1n) is 5.59. The maximum absolute atomic E-state index is 13.0. The summed E-state index contributed by atoms with van der Waals surface area (Å²) in [5.74, 6) is -1.72. The Balaban J connectivity index is 2.13. The molecule has 2 aromatic rings. The summed E-state index contributed by atoms with van der Waals surface area (Å²) in [6, 6.07) is 8.60. The first-order chi connectivity index (χ1) is 9.47. The van der Waals surface area contributed by atoms with Crippen LogP contribution in [-0.2, 0) is 10.8 Å². The Labute approximate surface area is 121 Å². The largest absolute Gasteiger partial charge is 0.293 e. The van der Waals surface area contributed by atoms with E-state index in [1.807, 2.05) is 0 Å². The number of carbonyl (C=O) groups is 1. The quantitative estimate of drug-likeness (QED) is 0.808. The Morgan fingerprint density at radius 2 is 1.75 bits per heavy atom. The van der Waals surface area contributed by atoms with Gasteiger partial charge in [0.2, 0.25) is 0 Å². The average Bonchev–Trinajstić information content (AvgIpc) is 2.42. The summed E-state index contributed by atoms with van der Waals surface area (Å²) in [6.07, 6.45) is 0. The van der Waals surface area contributed by atoms with Crippen LogP contribution in [-0.4, -0.2) is 15.7 Å². The SMILES string of the molecule is O=C(CS(=O)c1ccc(F)c(Cl)c1)c1ccc(F)cc1. The Morgan fingerprint density at radius 3 is 2.35 bits per heavy atom. The minimum Gasteiger partial charge on any atom is -0.293 e. The standard InChI is InChI=1S/C14H9ClF2O2S/c15-12-7-11(5-6-13(12)17)20(19)8-14(18)9-1-3-10(16)4-2-9/h1-7H,8H2. The van der Waals surface area contributed by atoms with Gasteiger partial charge in [-0.1, -0.05) is 11.6 Å². The first-order valence-corrected chi connectivity index (χ1v) is 7.29. The molecule has 0 saturated carbocycles. The Kier molecular flexibility index (Phi) is 4.62. The number of Topliss-reactive ketones (excluding diaryl/α,β-unsaturated/α-hetero) is 1. The van der Waals surface area contributed by atoms with Gasteiger partial charge in [0.1, 0.15) is 11.6 Å². The number of ketones is 1. The van der Waals surface area contributed by atoms with Gasteiger partial charge in [-0.05, 0) is 42.5 Å². The van der Waals surface area contributed by atoms with E-state index in [2.05, 4.69) is 0 Å². The zero-order valence-electron chi connectivity index (χ0n) is 10.1. The van der Waals surface area contributed by atoms with Gasteiger partial charge >= 0.3 is 0 Å². The molecule has 0 spiro atoms. The van der Waals surface area contributed by atoms with Gasteiger partial charge in [0, 0.05) is 10.5 Å². The van der Waals surface area contributed by atoms with Crippen LogP contribution in [0, 0.1) is 11.6 Å². The van der Waals surface area contributed by atoms with Gasteiger partial charge in [-0.3, -0.25) is 9.00 Å². The van der Waals surface area contributed by atoms with Crippen molar-refractivity contribution in [3.63, 3.8) is 0 Å². The number of benzene rings is 2. The van der Waals surface area contributed by atoms with Crippen molar-refractivity contribution in [3.8, 4) is 0 Å². The van der Waals surface area contributed by atoms with E-state index in [9.17, 15) is 17.8 Å². The molecule has 1 atom stereocenters. The van der Waals surface area contributed by atoms with Crippen LogP contribution in [0.15, 0.2) is 47.4 Å². The smallest absolute Gasteiger partial charge is 0.175 e. The Morgan fingerprint density at radius 1 is 1.10 bits per heavy atom. The summed E-state index contributed by atoms with van der Waals surface area (Å²) in [4.78, 5) is 12.1. The van der Waals surface area contributed by atoms with Crippen molar-refractivity contribution in [1.82, 2.24) is 0 Å². The summed E-state index contributed by atoms with van der Waals surface area (Å²) < 4.78 is 37.7. The van der Waals surface area contributed by atoms with Crippen LogP contribution in [0.3, 0.4) is 0 Å². The maximum Gasteiger partial charge on any atom is 0.175 e. The van der Waals surface area contributed by atoms with E-state index >= 15 is 0 Å². The van der Waals surface area contributed by atoms with Crippen molar-refractivity contribution in [2.24, 2.45) is 0 Å². The van der Waals surface area contributed by atoms with Crippen molar-refractivity contribution in [3.05, 3.63) is 64.7 Å². The summed E-state index contributed by atoms with van der Waals surface area (Å²) in [7, 11) is -1.63. The minimum absolute atomic E-state index is 0.148. The second-order valence-electron chi connectivity index (χ2n) is 4.00. The molecule has 104 valence electrons. The molecular weight excluding hydrogens is 306 g/mol. The van der Waals surface area contributed by atoms with Crippen molar-refractivity contribution in [1.29, 1.82) is 0 Å². The monoisotopic (exact) mass is 314 g/mol. The summed E-state index contributed by atoms with van der Waals surface area (Å²) in [5, 5.41) is -0.148. The highest BCUT2D eigenvalue weighted by molar-refractivity contribution is 7.85. The summed E-state index contributed by atoms with van der Waals surface area (Å²) in [6.45, 7) is 0. The van der Waals surface area contributed by atoms with E-state index in [1.165, 1.54) is 24.3 Å². The molecule has 0 aliphatic rings. The van der Waals surface area contributed by atoms with E-state index in [0.29, 0.717) is 0 Å². The third kappa shape index (κ3) is 3.49. The van der Waals surface area contributed by atoms with Gasteiger partial charge < -0.3 is 0 Å². The Bertz CT molecular complexity index is 671. The lowest BCUT2D eigenvalue weighted by Crippen LogP contribution is -2.11. The molecule has 0 N–H and O–H groups in total. The van der Waals surface area contributed by atoms with Crippen LogP contribution in [0.25, 0.3) is 0 Å². The molecule has 0 bridgehead atoms. The zero-order valence-corrected chi connectivity index (χ0v) is 11.7. The van der Waals surface area contributed by atoms with Crippen molar-refractivity contribution in [2.45, 2.75) is 4.90 Å². The van der Waals surface area contributed by atoms with Crippen LogP contribution in [0.2, 0.25) is 5.02 Å². The molecular formula is C14H9ClF2O2S. The molecule has 2 aromatic carbocycles. The van der Waals surface area contributed by atoms with Gasteiger partial charge in [-0.25, -0.2) is 8.78 Å². The number of carbonyl (C=O) groups excluding carboxylic acids is 1. The molecule has 20 heavy (non-hydrogen) atoms. The van der Waals surface area contributed by atoms with E-state index in [0.717, 1.165) is 18.2 Å². The highest BCUT2D eigenvalue weighted by Crippen LogP contribution is 2.19. The van der Waals surface area contributed by atoms with Gasteiger partial charge in [0.05, 0.1) is 21.6 Å². The molecule has 0 aromatic heterocycles. The predicted molar refractivity (Wildman–Crippen MR) is 73.4 cm³/mol. The van der Waals surface area contributed by atoms with Crippen LogP contribution in [0.1, 0.15) is 10.4 Å². The lowest BCUT2D eigenvalue weighted by molar-refractivity contribution is 0.102. The van der Waals surface area contributed by atoms with E-state index in [4.69, 9.17) is 11.6 Å². The first kappa shape index (κ1) is 14.8. The van der Waals surface area contributed by atoms with Crippen LogP contribution in [0.5, 0.6) is 0 Å². The fourth-order valence-electron chi connectivity index (χ4n) is 1.54. The van der Waals surface area contributed by atoms with Gasteiger partial charge in [-0.2, -0.15) is 0 Å². The molecule has 6 heteroatoms. The van der Waals surface area contributed by atoms with Crippen molar-refractivity contribution < 1.29 is 17.8 Å². The summed E-state index contributed by atoms with van der Waals surface area (Å²) in [5.41, 5.74) is 0.271. The van der Waals surface area contributed by atoms with Crippen LogP contribution >= 0.6 is 11.6 Å². The van der Waals surface area contributed by atoms with E-state index < -0.39 is 22.4 Å². The third-order valence-electron chi connectivity index (χ3n) is 2.58. The van der Waals surface area contributed by atoms with Crippen LogP contribution in [0.4, 0.5) is 8.78 Å². The fourth-order valence-corrected chi connectivity index (χ4v) is 2.83. The lowest BCUT2D eigenvalue weighted by atomic mass is 10.1. The van der Waals surface area contributed by atoms with Crippen molar-refractivity contribution >= 4 is 28.2 Å². The third-order valence-corrected chi connectivity index (χ3v) is 4.18. The fraction of sp³-hybridized carbons (Fsp3) is 0.0714. The second kappa shape index (κ2) is 6.24. The average molecular weight is 315 g/mol. The van der Waals surface area contributed by atoms with Gasteiger partial charge in [0.15, 0.2) is 5.78 Å². The zero-order chi connectivity index (χ0) is 14.7. The molecule has 0 aliphatic carbocycles. The summed E-state index contributed by atoms with van der Waals surface area (Å²) >= 11 is 5.59. The molecule has 0 fully saturated rings.